The van der Waals surface area contributed by atoms with Gasteiger partial charge in [0, 0.05) is 48.8 Å². The Bertz CT molecular complexity index is 1100. The van der Waals surface area contributed by atoms with E-state index in [4.69, 9.17) is 0 Å². The second-order valence-electron chi connectivity index (χ2n) is 7.15. The molecule has 0 atom stereocenters. The number of hydrogen-bond acceptors (Lipinski definition) is 4. The van der Waals surface area contributed by atoms with Gasteiger partial charge in [0.05, 0.1) is 10.4 Å². The summed E-state index contributed by atoms with van der Waals surface area (Å²) < 4.78 is 42.5. The molecular formula is C20H21BrFN3O2S. The Morgan fingerprint density at radius 3 is 2.39 bits per heavy atom. The molecule has 0 amide bonds. The van der Waals surface area contributed by atoms with E-state index in [9.17, 15) is 12.8 Å². The molecule has 0 N–H and O–H groups in total. The molecule has 0 bridgehead atoms. The molecule has 1 fully saturated rings. The third kappa shape index (κ3) is 3.74. The molecule has 1 aliphatic heterocycles. The van der Waals surface area contributed by atoms with Gasteiger partial charge in [0.2, 0.25) is 0 Å². The molecule has 0 saturated carbocycles. The highest BCUT2D eigenvalue weighted by molar-refractivity contribution is 9.10. The van der Waals surface area contributed by atoms with Crippen LogP contribution < -0.4 is 0 Å². The van der Waals surface area contributed by atoms with Crippen LogP contribution in [0.15, 0.2) is 58.0 Å². The average molecular weight is 466 g/mol. The molecule has 0 aliphatic carbocycles. The fraction of sp³-hybridized carbons (Fsp3) is 0.300. The third-order valence-electron chi connectivity index (χ3n) is 5.18. The molecule has 3 aromatic rings. The first-order chi connectivity index (χ1) is 13.3. The van der Waals surface area contributed by atoms with Crippen molar-refractivity contribution in [3.8, 4) is 0 Å². The third-order valence-corrected chi connectivity index (χ3v) is 7.39. The quantitative estimate of drug-likeness (QED) is 0.591. The van der Waals surface area contributed by atoms with Gasteiger partial charge in [-0.2, -0.15) is 0 Å². The van der Waals surface area contributed by atoms with Gasteiger partial charge < -0.3 is 4.90 Å². The summed E-state index contributed by atoms with van der Waals surface area (Å²) in [7, 11) is -1.69. The van der Waals surface area contributed by atoms with Crippen LogP contribution in [0.1, 0.15) is 5.56 Å². The lowest BCUT2D eigenvalue weighted by molar-refractivity contribution is 0.148. The molecule has 28 heavy (non-hydrogen) atoms. The van der Waals surface area contributed by atoms with Crippen molar-refractivity contribution in [1.82, 2.24) is 13.8 Å². The van der Waals surface area contributed by atoms with E-state index >= 15 is 0 Å². The van der Waals surface area contributed by atoms with Gasteiger partial charge in [-0.3, -0.25) is 4.90 Å². The average Bonchev–Trinajstić information content (AvgIpc) is 3.02. The zero-order valence-corrected chi connectivity index (χ0v) is 17.9. The van der Waals surface area contributed by atoms with Gasteiger partial charge >= 0.3 is 0 Å². The standard InChI is InChI=1S/C20H21BrFN3O2S/c1-23-8-10-24(11-9-23)13-15-14-25(20-7-4-17(22)12-19(15)20)28(26,27)18-5-2-16(21)3-6-18/h2-7,12,14H,8-11,13H2,1H3. The Morgan fingerprint density at radius 1 is 1.04 bits per heavy atom. The van der Waals surface area contributed by atoms with E-state index < -0.39 is 10.0 Å². The van der Waals surface area contributed by atoms with E-state index in [2.05, 4.69) is 32.8 Å². The predicted octanol–water partition coefficient (Wildman–Crippen LogP) is 3.53. The summed E-state index contributed by atoms with van der Waals surface area (Å²) in [5.41, 5.74) is 1.31. The minimum atomic E-state index is -3.78. The Balaban J connectivity index is 1.78. The summed E-state index contributed by atoms with van der Waals surface area (Å²) in [5.74, 6) is -0.370. The van der Waals surface area contributed by atoms with Crippen molar-refractivity contribution in [2.75, 3.05) is 33.2 Å². The van der Waals surface area contributed by atoms with Gasteiger partial charge in [-0.05, 0) is 55.1 Å². The van der Waals surface area contributed by atoms with Crippen molar-refractivity contribution in [3.05, 3.63) is 64.5 Å². The van der Waals surface area contributed by atoms with Crippen molar-refractivity contribution >= 4 is 36.9 Å². The van der Waals surface area contributed by atoms with Gasteiger partial charge in [0.1, 0.15) is 5.82 Å². The maximum atomic E-state index is 13.9. The Morgan fingerprint density at radius 2 is 1.71 bits per heavy atom. The van der Waals surface area contributed by atoms with Gasteiger partial charge in [-0.25, -0.2) is 16.8 Å². The molecule has 2 aromatic carbocycles. The molecule has 2 heterocycles. The van der Waals surface area contributed by atoms with E-state index in [1.54, 1.807) is 30.5 Å². The number of piperazine rings is 1. The summed E-state index contributed by atoms with van der Waals surface area (Å²) in [5, 5.41) is 0.639. The lowest BCUT2D eigenvalue weighted by Gasteiger charge is -2.32. The van der Waals surface area contributed by atoms with Crippen molar-refractivity contribution in [3.63, 3.8) is 0 Å². The number of benzene rings is 2. The summed E-state index contributed by atoms with van der Waals surface area (Å²) in [6, 6.07) is 10.8. The summed E-state index contributed by atoms with van der Waals surface area (Å²) in [6.45, 7) is 4.32. The van der Waals surface area contributed by atoms with E-state index in [0.717, 1.165) is 36.2 Å². The smallest absolute Gasteiger partial charge is 0.268 e. The lowest BCUT2D eigenvalue weighted by Crippen LogP contribution is -2.43. The van der Waals surface area contributed by atoms with Crippen LogP contribution in [0.25, 0.3) is 10.9 Å². The Labute approximate surface area is 172 Å². The first kappa shape index (κ1) is 19.6. The van der Waals surface area contributed by atoms with Crippen molar-refractivity contribution in [1.29, 1.82) is 0 Å². The monoisotopic (exact) mass is 465 g/mol. The zero-order chi connectivity index (χ0) is 19.9. The number of likely N-dealkylation sites (N-methyl/N-ethyl adjacent to an activating group) is 1. The second-order valence-corrected chi connectivity index (χ2v) is 9.88. The molecule has 1 aliphatic rings. The van der Waals surface area contributed by atoms with E-state index in [-0.39, 0.29) is 10.7 Å². The number of hydrogen-bond donors (Lipinski definition) is 0. The van der Waals surface area contributed by atoms with Crippen molar-refractivity contribution < 1.29 is 12.8 Å². The van der Waals surface area contributed by atoms with E-state index in [1.807, 2.05) is 0 Å². The molecule has 0 radical (unpaired) electrons. The van der Waals surface area contributed by atoms with E-state index in [1.165, 1.54) is 22.2 Å². The number of nitrogens with zero attached hydrogens (tertiary/aromatic N) is 3. The SMILES string of the molecule is CN1CCN(Cc2cn(S(=O)(=O)c3ccc(Br)cc3)c3ccc(F)cc23)CC1. The maximum Gasteiger partial charge on any atom is 0.268 e. The topological polar surface area (TPSA) is 45.5 Å². The summed E-state index contributed by atoms with van der Waals surface area (Å²) in [4.78, 5) is 4.73. The highest BCUT2D eigenvalue weighted by Gasteiger charge is 2.23. The first-order valence-corrected chi connectivity index (χ1v) is 11.3. The second kappa shape index (κ2) is 7.59. The number of halogens is 2. The normalized spacial score (nSPS) is 16.7. The number of aromatic nitrogens is 1. The molecular weight excluding hydrogens is 445 g/mol. The molecule has 148 valence electrons. The molecule has 1 aromatic heterocycles. The van der Waals surface area contributed by atoms with Crippen LogP contribution in [0.5, 0.6) is 0 Å². The fourth-order valence-corrected chi connectivity index (χ4v) is 5.19. The van der Waals surface area contributed by atoms with Crippen LogP contribution >= 0.6 is 15.9 Å². The summed E-state index contributed by atoms with van der Waals surface area (Å²) in [6.07, 6.45) is 1.64. The lowest BCUT2D eigenvalue weighted by atomic mass is 10.1. The molecule has 4 rings (SSSR count). The highest BCUT2D eigenvalue weighted by Crippen LogP contribution is 2.28. The molecule has 8 heteroatoms. The summed E-state index contributed by atoms with van der Waals surface area (Å²) >= 11 is 3.33. The van der Waals surface area contributed by atoms with Crippen LogP contribution in [-0.4, -0.2) is 55.4 Å². The number of rotatable bonds is 4. The predicted molar refractivity (Wildman–Crippen MR) is 111 cm³/mol. The van der Waals surface area contributed by atoms with Gasteiger partial charge in [0.25, 0.3) is 10.0 Å². The van der Waals surface area contributed by atoms with Crippen LogP contribution in [0.2, 0.25) is 0 Å². The Kier molecular flexibility index (Phi) is 5.30. The molecule has 1 saturated heterocycles. The highest BCUT2D eigenvalue weighted by atomic mass is 79.9. The number of fused-ring (bicyclic) bond motifs is 1. The minimum absolute atomic E-state index is 0.197. The minimum Gasteiger partial charge on any atom is -0.304 e. The largest absolute Gasteiger partial charge is 0.304 e. The van der Waals surface area contributed by atoms with Crippen molar-refractivity contribution in [2.24, 2.45) is 0 Å². The van der Waals surface area contributed by atoms with Crippen LogP contribution in [0.3, 0.4) is 0 Å². The zero-order valence-electron chi connectivity index (χ0n) is 15.5. The molecule has 0 unspecified atom stereocenters. The van der Waals surface area contributed by atoms with Crippen molar-refractivity contribution in [2.45, 2.75) is 11.4 Å². The maximum absolute atomic E-state index is 13.9. The van der Waals surface area contributed by atoms with Gasteiger partial charge in [0.15, 0.2) is 0 Å². The van der Waals surface area contributed by atoms with E-state index in [0.29, 0.717) is 17.4 Å². The molecule has 0 spiro atoms. The van der Waals surface area contributed by atoms with Crippen LogP contribution in [0, 0.1) is 5.82 Å². The Hall–Kier alpha value is -1.74. The van der Waals surface area contributed by atoms with Gasteiger partial charge in [-0.1, -0.05) is 15.9 Å². The first-order valence-electron chi connectivity index (χ1n) is 9.06. The van der Waals surface area contributed by atoms with Crippen LogP contribution in [0.4, 0.5) is 4.39 Å². The van der Waals surface area contributed by atoms with Gasteiger partial charge in [-0.15, -0.1) is 0 Å². The van der Waals surface area contributed by atoms with Crippen LogP contribution in [-0.2, 0) is 16.6 Å². The molecule has 5 nitrogen and oxygen atoms in total. The fourth-order valence-electron chi connectivity index (χ4n) is 3.53.